The van der Waals surface area contributed by atoms with E-state index in [4.69, 9.17) is 4.74 Å². The third kappa shape index (κ3) is 4.56. The lowest BCUT2D eigenvalue weighted by Crippen LogP contribution is -2.40. The van der Waals surface area contributed by atoms with Gasteiger partial charge in [-0.25, -0.2) is 19.2 Å². The number of benzene rings is 1. The van der Waals surface area contributed by atoms with Crippen LogP contribution in [-0.2, 0) is 30.2 Å². The number of carbonyl (C=O) groups is 1. The minimum Gasteiger partial charge on any atom is -0.379 e. The smallest absolute Gasteiger partial charge is 0.332 e. The Balaban J connectivity index is 1.44. The molecule has 1 aliphatic heterocycles. The van der Waals surface area contributed by atoms with Crippen molar-refractivity contribution in [3.8, 4) is 0 Å². The molecule has 0 spiro atoms. The highest BCUT2D eigenvalue weighted by molar-refractivity contribution is 7.22. The molecule has 0 atom stereocenters. The van der Waals surface area contributed by atoms with Gasteiger partial charge in [0.05, 0.1) is 29.8 Å². The number of rotatable bonds is 7. The van der Waals surface area contributed by atoms with Crippen LogP contribution >= 0.6 is 11.3 Å². The predicted molar refractivity (Wildman–Crippen MR) is 134 cm³/mol. The van der Waals surface area contributed by atoms with Gasteiger partial charge in [0.2, 0.25) is 5.91 Å². The van der Waals surface area contributed by atoms with Gasteiger partial charge in [0.15, 0.2) is 16.3 Å². The quantitative estimate of drug-likeness (QED) is 0.361. The zero-order chi connectivity index (χ0) is 25.4. The van der Waals surface area contributed by atoms with E-state index in [1.807, 2.05) is 0 Å². The van der Waals surface area contributed by atoms with Crippen molar-refractivity contribution >= 4 is 43.8 Å². The summed E-state index contributed by atoms with van der Waals surface area (Å²) in [5, 5.41) is 0.465. The van der Waals surface area contributed by atoms with Crippen molar-refractivity contribution in [2.75, 3.05) is 44.3 Å². The molecule has 0 N–H and O–H groups in total. The van der Waals surface area contributed by atoms with Gasteiger partial charge in [0.1, 0.15) is 12.4 Å². The fraction of sp³-hybridized carbons (Fsp3) is 0.435. The van der Waals surface area contributed by atoms with Crippen LogP contribution in [0.1, 0.15) is 6.42 Å². The molecule has 1 saturated heterocycles. The molecular weight excluding hydrogens is 489 g/mol. The largest absolute Gasteiger partial charge is 0.379 e. The molecule has 3 aromatic heterocycles. The third-order valence-electron chi connectivity index (χ3n) is 6.35. The number of hydrogen-bond acceptors (Lipinski definition) is 8. The fourth-order valence-electron chi connectivity index (χ4n) is 4.35. The van der Waals surface area contributed by atoms with Crippen LogP contribution in [0.4, 0.5) is 9.52 Å². The Morgan fingerprint density at radius 3 is 2.75 bits per heavy atom. The average Bonchev–Trinajstić information content (AvgIpc) is 3.48. The zero-order valence-corrected chi connectivity index (χ0v) is 20.8. The number of imidazole rings is 1. The van der Waals surface area contributed by atoms with Gasteiger partial charge in [-0.2, -0.15) is 0 Å². The van der Waals surface area contributed by atoms with E-state index >= 15 is 0 Å². The van der Waals surface area contributed by atoms with E-state index in [-0.39, 0.29) is 29.4 Å². The lowest BCUT2D eigenvalue weighted by atomic mass is 10.3. The van der Waals surface area contributed by atoms with E-state index in [9.17, 15) is 18.8 Å². The van der Waals surface area contributed by atoms with Crippen LogP contribution in [0.25, 0.3) is 21.4 Å². The first kappa shape index (κ1) is 24.3. The van der Waals surface area contributed by atoms with Crippen molar-refractivity contribution in [1.29, 1.82) is 0 Å². The summed E-state index contributed by atoms with van der Waals surface area (Å²) in [6.07, 6.45) is 2.10. The van der Waals surface area contributed by atoms with E-state index < -0.39 is 11.2 Å². The molecule has 4 heterocycles. The molecule has 13 heteroatoms. The van der Waals surface area contributed by atoms with Gasteiger partial charge in [-0.05, 0) is 24.6 Å². The molecule has 5 rings (SSSR count). The first-order valence-electron chi connectivity index (χ1n) is 11.6. The number of aryl methyl sites for hydroxylation is 1. The van der Waals surface area contributed by atoms with Crippen molar-refractivity contribution in [2.45, 2.75) is 13.0 Å². The second kappa shape index (κ2) is 9.91. The summed E-state index contributed by atoms with van der Waals surface area (Å²) in [4.78, 5) is 51.3. The summed E-state index contributed by atoms with van der Waals surface area (Å²) in [6.45, 7) is 4.11. The van der Waals surface area contributed by atoms with Gasteiger partial charge in [-0.15, -0.1) is 0 Å². The Morgan fingerprint density at radius 1 is 1.19 bits per heavy atom. The first-order valence-corrected chi connectivity index (χ1v) is 12.4. The number of anilines is 1. The normalized spacial score (nSPS) is 14.6. The minimum absolute atomic E-state index is 0.161. The number of nitrogens with zero attached hydrogens (tertiary/aromatic N) is 7. The second-order valence-electron chi connectivity index (χ2n) is 8.71. The van der Waals surface area contributed by atoms with Crippen molar-refractivity contribution in [2.24, 2.45) is 14.1 Å². The molecule has 0 radical (unpaired) electrons. The number of thiazole rings is 1. The number of fused-ring (bicyclic) bond motifs is 2. The second-order valence-corrected chi connectivity index (χ2v) is 9.72. The SMILES string of the molecule is Cn1c(=O)c2c(ncn2CC(=O)N(CCCN2CCOCC2)c2nc3ccc(F)cc3s2)n(C)c1=O. The summed E-state index contributed by atoms with van der Waals surface area (Å²) in [7, 11) is 2.92. The highest BCUT2D eigenvalue weighted by atomic mass is 32.1. The number of amides is 1. The van der Waals surface area contributed by atoms with Crippen LogP contribution in [0, 0.1) is 5.82 Å². The van der Waals surface area contributed by atoms with Gasteiger partial charge >= 0.3 is 5.69 Å². The van der Waals surface area contributed by atoms with E-state index in [1.165, 1.54) is 53.0 Å². The van der Waals surface area contributed by atoms with Crippen LogP contribution in [-0.4, -0.2) is 73.9 Å². The van der Waals surface area contributed by atoms with E-state index in [0.29, 0.717) is 41.5 Å². The standard InChI is InChI=1S/C23H26FN7O4S/c1-27-20-19(21(33)28(2)23(27)34)30(14-25-20)13-18(32)31(7-3-6-29-8-10-35-11-9-29)22-26-16-5-4-15(24)12-17(16)36-22/h4-5,12,14H,3,6-11,13H2,1-2H3. The summed E-state index contributed by atoms with van der Waals surface area (Å²) in [5.41, 5.74) is -0.0135. The van der Waals surface area contributed by atoms with E-state index in [0.717, 1.165) is 24.2 Å². The van der Waals surface area contributed by atoms with Gasteiger partial charge in [-0.3, -0.25) is 28.5 Å². The number of aromatic nitrogens is 5. The van der Waals surface area contributed by atoms with E-state index in [2.05, 4.69) is 14.9 Å². The molecule has 4 aromatic rings. The maximum atomic E-state index is 13.8. The number of ether oxygens (including phenoxy) is 1. The fourth-order valence-corrected chi connectivity index (χ4v) is 5.39. The Morgan fingerprint density at radius 2 is 1.97 bits per heavy atom. The first-order chi connectivity index (χ1) is 17.3. The molecule has 1 aliphatic rings. The summed E-state index contributed by atoms with van der Waals surface area (Å²) in [5.74, 6) is -0.652. The lowest BCUT2D eigenvalue weighted by molar-refractivity contribution is -0.119. The number of halogens is 1. The highest BCUT2D eigenvalue weighted by Crippen LogP contribution is 2.30. The number of carbonyl (C=O) groups excluding carboxylic acids is 1. The van der Waals surface area contributed by atoms with Crippen molar-refractivity contribution in [3.05, 3.63) is 51.2 Å². The zero-order valence-electron chi connectivity index (χ0n) is 20.0. The topological polar surface area (TPSA) is 107 Å². The van der Waals surface area contributed by atoms with Gasteiger partial charge in [0, 0.05) is 40.3 Å². The molecule has 36 heavy (non-hydrogen) atoms. The number of morpholine rings is 1. The lowest BCUT2D eigenvalue weighted by Gasteiger charge is -2.27. The monoisotopic (exact) mass is 515 g/mol. The van der Waals surface area contributed by atoms with Crippen molar-refractivity contribution in [3.63, 3.8) is 0 Å². The molecule has 11 nitrogen and oxygen atoms in total. The Kier molecular flexibility index (Phi) is 6.69. The van der Waals surface area contributed by atoms with Gasteiger partial charge in [0.25, 0.3) is 5.56 Å². The maximum absolute atomic E-state index is 13.8. The molecule has 0 saturated carbocycles. The van der Waals surface area contributed by atoms with Crippen LogP contribution in [0.3, 0.4) is 0 Å². The Bertz CT molecular complexity index is 1550. The highest BCUT2D eigenvalue weighted by Gasteiger charge is 2.23. The van der Waals surface area contributed by atoms with Crippen molar-refractivity contribution in [1.82, 2.24) is 28.6 Å². The summed E-state index contributed by atoms with van der Waals surface area (Å²) < 4.78 is 23.5. The van der Waals surface area contributed by atoms with Crippen molar-refractivity contribution < 1.29 is 13.9 Å². The minimum atomic E-state index is -0.521. The Hall–Kier alpha value is -3.42. The van der Waals surface area contributed by atoms with E-state index in [1.54, 1.807) is 11.0 Å². The van der Waals surface area contributed by atoms with Gasteiger partial charge < -0.3 is 9.30 Å². The molecule has 1 fully saturated rings. The van der Waals surface area contributed by atoms with Crippen LogP contribution in [0.2, 0.25) is 0 Å². The molecule has 0 unspecified atom stereocenters. The van der Waals surface area contributed by atoms with Gasteiger partial charge in [-0.1, -0.05) is 11.3 Å². The molecule has 0 bridgehead atoms. The molecular formula is C23H26FN7O4S. The predicted octanol–water partition coefficient (Wildman–Crippen LogP) is 0.938. The average molecular weight is 516 g/mol. The van der Waals surface area contributed by atoms with Crippen LogP contribution in [0.5, 0.6) is 0 Å². The number of hydrogen-bond donors (Lipinski definition) is 0. The molecule has 1 amide bonds. The summed E-state index contributed by atoms with van der Waals surface area (Å²) >= 11 is 1.24. The Labute approximate surface area is 209 Å². The molecule has 0 aliphatic carbocycles. The summed E-state index contributed by atoms with van der Waals surface area (Å²) in [6, 6.07) is 4.34. The maximum Gasteiger partial charge on any atom is 0.332 e. The third-order valence-corrected chi connectivity index (χ3v) is 7.39. The van der Waals surface area contributed by atoms with Crippen LogP contribution < -0.4 is 16.1 Å². The molecule has 1 aromatic carbocycles. The molecule has 190 valence electrons. The van der Waals surface area contributed by atoms with Crippen LogP contribution in [0.15, 0.2) is 34.1 Å².